The Labute approximate surface area is 95.5 Å². The summed E-state index contributed by atoms with van der Waals surface area (Å²) < 4.78 is 11.0. The lowest BCUT2D eigenvalue weighted by Crippen LogP contribution is -2.05. The van der Waals surface area contributed by atoms with Gasteiger partial charge >= 0.3 is 0 Å². The van der Waals surface area contributed by atoms with Gasteiger partial charge in [-0.15, -0.1) is 0 Å². The molecule has 0 aliphatic rings. The van der Waals surface area contributed by atoms with Crippen LogP contribution in [0.3, 0.4) is 0 Å². The van der Waals surface area contributed by atoms with Crippen LogP contribution in [0.5, 0.6) is 5.75 Å². The molecule has 0 saturated heterocycles. The highest BCUT2D eigenvalue weighted by atomic mass is 127. The lowest BCUT2D eigenvalue weighted by atomic mass is 10.5. The van der Waals surface area contributed by atoms with E-state index in [-0.39, 0.29) is 0 Å². The average Bonchev–Trinajstić information content (AvgIpc) is 2.09. The molecular formula is C8H9ClINO2. The fraction of sp³-hybridized carbons (Fsp3) is 0.375. The number of ether oxygens (including phenoxy) is 2. The van der Waals surface area contributed by atoms with Gasteiger partial charge < -0.3 is 9.47 Å². The fourth-order valence-electron chi connectivity index (χ4n) is 0.742. The molecule has 3 nitrogen and oxygen atoms in total. The van der Waals surface area contributed by atoms with Crippen LogP contribution >= 0.6 is 34.2 Å². The van der Waals surface area contributed by atoms with E-state index in [1.807, 2.05) is 6.07 Å². The minimum absolute atomic E-state index is 0.392. The van der Waals surface area contributed by atoms with Crippen LogP contribution < -0.4 is 4.74 Å². The van der Waals surface area contributed by atoms with E-state index in [2.05, 4.69) is 27.6 Å². The second-order valence-corrected chi connectivity index (χ2v) is 3.73. The summed E-state index contributed by atoms with van der Waals surface area (Å²) in [6.07, 6.45) is 0. The highest BCUT2D eigenvalue weighted by Gasteiger charge is 2.02. The fourth-order valence-corrected chi connectivity index (χ4v) is 1.51. The molecule has 1 aromatic rings. The van der Waals surface area contributed by atoms with Crippen molar-refractivity contribution in [3.8, 4) is 5.75 Å². The van der Waals surface area contributed by atoms with E-state index in [1.165, 1.54) is 0 Å². The molecule has 13 heavy (non-hydrogen) atoms. The summed E-state index contributed by atoms with van der Waals surface area (Å²) in [5, 5.41) is 0.392. The van der Waals surface area contributed by atoms with Crippen molar-refractivity contribution in [3.63, 3.8) is 0 Å². The van der Waals surface area contributed by atoms with Crippen molar-refractivity contribution in [2.24, 2.45) is 0 Å². The third-order valence-corrected chi connectivity index (χ3v) is 2.20. The summed E-state index contributed by atoms with van der Waals surface area (Å²) in [4.78, 5) is 4.04. The normalized spacial score (nSPS) is 10.1. The summed E-state index contributed by atoms with van der Waals surface area (Å²) in [7, 11) is 1.62. The minimum atomic E-state index is 0.392. The molecule has 0 fully saturated rings. The van der Waals surface area contributed by atoms with Gasteiger partial charge in [-0.2, -0.15) is 0 Å². The standard InChI is InChI=1S/C8H9ClINO2/c1-12-4-5-13-6-2-3-7(10)11-8(6)9/h2-3H,4-5H2,1H3. The molecule has 0 spiro atoms. The van der Waals surface area contributed by atoms with Crippen molar-refractivity contribution < 1.29 is 9.47 Å². The van der Waals surface area contributed by atoms with Crippen LogP contribution in [0.2, 0.25) is 5.15 Å². The van der Waals surface area contributed by atoms with Gasteiger partial charge in [0.1, 0.15) is 10.3 Å². The molecular weight excluding hydrogens is 304 g/mol. The quantitative estimate of drug-likeness (QED) is 0.486. The van der Waals surface area contributed by atoms with Gasteiger partial charge in [0, 0.05) is 7.11 Å². The summed E-state index contributed by atoms with van der Waals surface area (Å²) in [5.74, 6) is 0.596. The zero-order chi connectivity index (χ0) is 9.68. The lowest BCUT2D eigenvalue weighted by Gasteiger charge is -2.06. The Morgan fingerprint density at radius 3 is 2.85 bits per heavy atom. The first kappa shape index (κ1) is 11.0. The van der Waals surface area contributed by atoms with Crippen LogP contribution in [0, 0.1) is 3.70 Å². The third kappa shape index (κ3) is 3.66. The molecule has 0 saturated carbocycles. The Bertz CT molecular complexity index is 283. The Hall–Kier alpha value is -0.0700. The molecule has 0 aliphatic carbocycles. The number of hydrogen-bond donors (Lipinski definition) is 0. The van der Waals surface area contributed by atoms with Gasteiger partial charge in [0.05, 0.1) is 6.61 Å². The van der Waals surface area contributed by atoms with Gasteiger partial charge in [0.15, 0.2) is 10.9 Å². The smallest absolute Gasteiger partial charge is 0.172 e. The van der Waals surface area contributed by atoms with Crippen LogP contribution in [-0.2, 0) is 4.74 Å². The Kier molecular flexibility index (Phi) is 4.76. The van der Waals surface area contributed by atoms with Crippen molar-refractivity contribution >= 4 is 34.2 Å². The van der Waals surface area contributed by atoms with E-state index in [1.54, 1.807) is 13.2 Å². The SMILES string of the molecule is COCCOc1ccc(I)nc1Cl. The molecule has 0 bridgehead atoms. The molecule has 72 valence electrons. The maximum absolute atomic E-state index is 5.83. The maximum atomic E-state index is 5.83. The van der Waals surface area contributed by atoms with Gasteiger partial charge in [-0.05, 0) is 34.7 Å². The molecule has 0 radical (unpaired) electrons. The zero-order valence-corrected chi connectivity index (χ0v) is 10.0. The number of rotatable bonds is 4. The van der Waals surface area contributed by atoms with E-state index < -0.39 is 0 Å². The number of aromatic nitrogens is 1. The molecule has 0 N–H and O–H groups in total. The van der Waals surface area contributed by atoms with Crippen LogP contribution in [-0.4, -0.2) is 25.3 Å². The molecule has 5 heteroatoms. The second kappa shape index (κ2) is 5.62. The van der Waals surface area contributed by atoms with Crippen LogP contribution in [0.25, 0.3) is 0 Å². The summed E-state index contributed by atoms with van der Waals surface area (Å²) in [5.41, 5.74) is 0. The van der Waals surface area contributed by atoms with Crippen LogP contribution in [0.4, 0.5) is 0 Å². The minimum Gasteiger partial charge on any atom is -0.488 e. The number of nitrogens with zero attached hydrogens (tertiary/aromatic N) is 1. The second-order valence-electron chi connectivity index (χ2n) is 2.26. The third-order valence-electron chi connectivity index (χ3n) is 1.33. The van der Waals surface area contributed by atoms with Crippen molar-refractivity contribution in [2.75, 3.05) is 20.3 Å². The van der Waals surface area contributed by atoms with E-state index in [0.717, 1.165) is 3.70 Å². The number of methoxy groups -OCH3 is 1. The summed E-state index contributed by atoms with van der Waals surface area (Å²) in [6.45, 7) is 1.03. The highest BCUT2D eigenvalue weighted by Crippen LogP contribution is 2.22. The largest absolute Gasteiger partial charge is 0.488 e. The molecule has 1 heterocycles. The van der Waals surface area contributed by atoms with Crippen LogP contribution in [0.15, 0.2) is 12.1 Å². The number of halogens is 2. The van der Waals surface area contributed by atoms with E-state index >= 15 is 0 Å². The zero-order valence-electron chi connectivity index (χ0n) is 7.09. The molecule has 0 aliphatic heterocycles. The Morgan fingerprint density at radius 2 is 2.23 bits per heavy atom. The Balaban J connectivity index is 2.56. The highest BCUT2D eigenvalue weighted by molar-refractivity contribution is 14.1. The van der Waals surface area contributed by atoms with Gasteiger partial charge in [-0.3, -0.25) is 0 Å². The monoisotopic (exact) mass is 313 g/mol. The average molecular weight is 314 g/mol. The molecule has 0 amide bonds. The maximum Gasteiger partial charge on any atom is 0.172 e. The van der Waals surface area contributed by atoms with E-state index in [4.69, 9.17) is 21.1 Å². The molecule has 0 atom stereocenters. The van der Waals surface area contributed by atoms with Crippen molar-refractivity contribution in [1.29, 1.82) is 0 Å². The first-order valence-electron chi connectivity index (χ1n) is 3.68. The van der Waals surface area contributed by atoms with E-state index in [9.17, 15) is 0 Å². The predicted molar refractivity (Wildman–Crippen MR) is 59.3 cm³/mol. The van der Waals surface area contributed by atoms with Crippen molar-refractivity contribution in [3.05, 3.63) is 21.0 Å². The first-order valence-corrected chi connectivity index (χ1v) is 5.13. The van der Waals surface area contributed by atoms with E-state index in [0.29, 0.717) is 24.1 Å². The van der Waals surface area contributed by atoms with Gasteiger partial charge in [0.25, 0.3) is 0 Å². The molecule has 0 unspecified atom stereocenters. The number of pyridine rings is 1. The number of hydrogen-bond acceptors (Lipinski definition) is 3. The van der Waals surface area contributed by atoms with Gasteiger partial charge in [-0.1, -0.05) is 11.6 Å². The molecule has 1 aromatic heterocycles. The predicted octanol–water partition coefficient (Wildman–Crippen LogP) is 2.36. The van der Waals surface area contributed by atoms with Crippen molar-refractivity contribution in [1.82, 2.24) is 4.98 Å². The molecule has 1 rings (SSSR count). The molecule has 0 aromatic carbocycles. The topological polar surface area (TPSA) is 31.4 Å². The summed E-state index contributed by atoms with van der Waals surface area (Å²) in [6, 6.07) is 3.64. The summed E-state index contributed by atoms with van der Waals surface area (Å²) >= 11 is 7.92. The Morgan fingerprint density at radius 1 is 1.46 bits per heavy atom. The van der Waals surface area contributed by atoms with Crippen molar-refractivity contribution in [2.45, 2.75) is 0 Å². The van der Waals surface area contributed by atoms with Gasteiger partial charge in [-0.25, -0.2) is 4.98 Å². The van der Waals surface area contributed by atoms with Crippen LogP contribution in [0.1, 0.15) is 0 Å². The lowest BCUT2D eigenvalue weighted by molar-refractivity contribution is 0.146. The van der Waals surface area contributed by atoms with Gasteiger partial charge in [0.2, 0.25) is 0 Å². The first-order chi connectivity index (χ1) is 6.24.